The van der Waals surface area contributed by atoms with Crippen molar-refractivity contribution in [2.75, 3.05) is 0 Å². The summed E-state index contributed by atoms with van der Waals surface area (Å²) in [6.45, 7) is 0. The Morgan fingerprint density at radius 3 is 2.36 bits per heavy atom. The van der Waals surface area contributed by atoms with Crippen molar-refractivity contribution in [1.82, 2.24) is 0 Å². The Labute approximate surface area is 83.3 Å². The van der Waals surface area contributed by atoms with Gasteiger partial charge in [0.15, 0.2) is 0 Å². The Hall–Kier alpha value is -2.07. The molecule has 0 bridgehead atoms. The molecule has 0 aliphatic heterocycles. The van der Waals surface area contributed by atoms with Crippen molar-refractivity contribution < 1.29 is 0 Å². The molecule has 1 nitrogen and oxygen atoms in total. The van der Waals surface area contributed by atoms with E-state index in [2.05, 4.69) is 12.1 Å². The molecule has 0 unspecified atom stereocenters. The third-order valence-corrected chi connectivity index (χ3v) is 2.12. The lowest BCUT2D eigenvalue weighted by Gasteiger charge is -2.01. The smallest absolute Gasteiger partial charge is 0.0991 e. The zero-order valence-electron chi connectivity index (χ0n) is 7.64. The molecule has 14 heavy (non-hydrogen) atoms. The van der Waals surface area contributed by atoms with E-state index in [-0.39, 0.29) is 0 Å². The fourth-order valence-corrected chi connectivity index (χ4v) is 1.38. The highest BCUT2D eigenvalue weighted by Crippen LogP contribution is 2.16. The molecule has 2 rings (SSSR count). The van der Waals surface area contributed by atoms with Gasteiger partial charge in [-0.1, -0.05) is 42.5 Å². The Bertz CT molecular complexity index is 470. The Kier molecular flexibility index (Phi) is 2.29. The maximum atomic E-state index is 8.75. The van der Waals surface area contributed by atoms with Gasteiger partial charge in [0, 0.05) is 0 Å². The second-order valence-corrected chi connectivity index (χ2v) is 3.06. The SMILES string of the molecule is N#CC1=C/C=C\c2ccccc2/C=C\1. The van der Waals surface area contributed by atoms with Gasteiger partial charge in [-0.25, -0.2) is 0 Å². The molecule has 0 saturated heterocycles. The van der Waals surface area contributed by atoms with E-state index in [1.807, 2.05) is 48.6 Å². The molecule has 0 heterocycles. The normalized spacial score (nSPS) is 21.8. The maximum absolute atomic E-state index is 8.75. The van der Waals surface area contributed by atoms with E-state index in [1.165, 1.54) is 5.56 Å². The molecule has 0 radical (unpaired) electrons. The minimum atomic E-state index is 0.677. The number of hydrogen-bond acceptors (Lipinski definition) is 1. The van der Waals surface area contributed by atoms with Crippen LogP contribution in [0.2, 0.25) is 0 Å². The summed E-state index contributed by atoms with van der Waals surface area (Å²) in [5.74, 6) is 0. The molecule has 0 amide bonds. The molecule has 0 N–H and O–H groups in total. The molecular weight excluding hydrogens is 170 g/mol. The zero-order valence-corrected chi connectivity index (χ0v) is 7.64. The number of fused-ring (bicyclic) bond motifs is 1. The lowest BCUT2D eigenvalue weighted by molar-refractivity contribution is 1.49. The van der Waals surface area contributed by atoms with E-state index in [0.29, 0.717) is 5.57 Å². The minimum Gasteiger partial charge on any atom is -0.192 e. The Morgan fingerprint density at radius 2 is 1.64 bits per heavy atom. The summed E-state index contributed by atoms with van der Waals surface area (Å²) in [5, 5.41) is 8.75. The first-order valence-corrected chi connectivity index (χ1v) is 4.46. The van der Waals surface area contributed by atoms with E-state index >= 15 is 0 Å². The van der Waals surface area contributed by atoms with E-state index in [0.717, 1.165) is 5.56 Å². The Balaban J connectivity index is 2.50. The molecule has 1 aliphatic carbocycles. The summed E-state index contributed by atoms with van der Waals surface area (Å²) in [7, 11) is 0. The van der Waals surface area contributed by atoms with Crippen LogP contribution in [0.1, 0.15) is 11.1 Å². The van der Waals surface area contributed by atoms with Crippen molar-refractivity contribution in [3.63, 3.8) is 0 Å². The number of benzene rings is 1. The van der Waals surface area contributed by atoms with Gasteiger partial charge in [-0.15, -0.1) is 0 Å². The van der Waals surface area contributed by atoms with Crippen LogP contribution in [0.5, 0.6) is 0 Å². The van der Waals surface area contributed by atoms with E-state index in [9.17, 15) is 0 Å². The summed E-state index contributed by atoms with van der Waals surface area (Å²) in [6, 6.07) is 10.2. The van der Waals surface area contributed by atoms with E-state index < -0.39 is 0 Å². The van der Waals surface area contributed by atoms with Crippen molar-refractivity contribution in [3.05, 3.63) is 59.2 Å². The highest BCUT2D eigenvalue weighted by molar-refractivity contribution is 5.69. The topological polar surface area (TPSA) is 23.8 Å². The molecule has 1 heteroatoms. The molecule has 0 spiro atoms. The average Bonchev–Trinajstić information content (AvgIpc) is 2.19. The fourth-order valence-electron chi connectivity index (χ4n) is 1.38. The predicted molar refractivity (Wildman–Crippen MR) is 58.2 cm³/mol. The van der Waals surface area contributed by atoms with Gasteiger partial charge in [0.2, 0.25) is 0 Å². The summed E-state index contributed by atoms with van der Waals surface area (Å²) in [6.07, 6.45) is 9.53. The van der Waals surface area contributed by atoms with Crippen molar-refractivity contribution in [3.8, 4) is 6.07 Å². The van der Waals surface area contributed by atoms with Gasteiger partial charge in [0.1, 0.15) is 0 Å². The van der Waals surface area contributed by atoms with Crippen LogP contribution in [0.4, 0.5) is 0 Å². The van der Waals surface area contributed by atoms with Gasteiger partial charge in [-0.3, -0.25) is 0 Å². The highest BCUT2D eigenvalue weighted by atomic mass is 14.2. The van der Waals surface area contributed by atoms with Crippen LogP contribution in [0.15, 0.2) is 48.1 Å². The van der Waals surface area contributed by atoms with Gasteiger partial charge < -0.3 is 0 Å². The number of nitriles is 1. The van der Waals surface area contributed by atoms with Gasteiger partial charge in [-0.05, 0) is 23.3 Å². The van der Waals surface area contributed by atoms with E-state index in [1.54, 1.807) is 0 Å². The summed E-state index contributed by atoms with van der Waals surface area (Å²) in [5.41, 5.74) is 3.00. The molecule has 1 aromatic carbocycles. The van der Waals surface area contributed by atoms with E-state index in [4.69, 9.17) is 5.26 Å². The first kappa shape index (κ1) is 8.52. The molecular formula is C13H9N. The fraction of sp³-hybridized carbons (Fsp3) is 0. The second kappa shape index (κ2) is 3.76. The van der Waals surface area contributed by atoms with Crippen LogP contribution in [0.25, 0.3) is 12.2 Å². The molecule has 1 aromatic rings. The largest absolute Gasteiger partial charge is 0.192 e. The monoisotopic (exact) mass is 179 g/mol. The average molecular weight is 179 g/mol. The minimum absolute atomic E-state index is 0.677. The van der Waals surface area contributed by atoms with Crippen molar-refractivity contribution in [2.24, 2.45) is 0 Å². The lowest BCUT2D eigenvalue weighted by Crippen LogP contribution is -1.82. The Morgan fingerprint density at radius 1 is 0.929 bits per heavy atom. The maximum Gasteiger partial charge on any atom is 0.0991 e. The lowest BCUT2D eigenvalue weighted by atomic mass is 10.0. The third kappa shape index (κ3) is 1.65. The van der Waals surface area contributed by atoms with Crippen LogP contribution < -0.4 is 0 Å². The summed E-state index contributed by atoms with van der Waals surface area (Å²) >= 11 is 0. The van der Waals surface area contributed by atoms with Gasteiger partial charge in [0.05, 0.1) is 11.6 Å². The standard InChI is InChI=1S/C13H9N/c14-10-11-4-3-7-12-5-1-2-6-13(12)9-8-11/h1-9H/b4-3?,7-3-,9-8-,11-4+,11-8?,12-7?,13-9?. The van der Waals surface area contributed by atoms with Crippen molar-refractivity contribution in [2.45, 2.75) is 0 Å². The van der Waals surface area contributed by atoms with Gasteiger partial charge in [-0.2, -0.15) is 5.26 Å². The molecule has 1 aliphatic rings. The van der Waals surface area contributed by atoms with Crippen molar-refractivity contribution in [1.29, 1.82) is 5.26 Å². The predicted octanol–water partition coefficient (Wildman–Crippen LogP) is 3.18. The molecule has 0 saturated carbocycles. The zero-order chi connectivity index (χ0) is 9.80. The molecule has 0 aromatic heterocycles. The number of rotatable bonds is 0. The van der Waals surface area contributed by atoms with Gasteiger partial charge in [0.25, 0.3) is 0 Å². The van der Waals surface area contributed by atoms with Crippen LogP contribution >= 0.6 is 0 Å². The quantitative estimate of drug-likeness (QED) is 0.600. The second-order valence-electron chi connectivity index (χ2n) is 3.06. The number of allylic oxidation sites excluding steroid dienone is 4. The van der Waals surface area contributed by atoms with Crippen LogP contribution in [0, 0.1) is 11.3 Å². The van der Waals surface area contributed by atoms with Gasteiger partial charge >= 0.3 is 0 Å². The van der Waals surface area contributed by atoms with Crippen LogP contribution in [-0.4, -0.2) is 0 Å². The third-order valence-electron chi connectivity index (χ3n) is 2.12. The molecule has 0 atom stereocenters. The van der Waals surface area contributed by atoms with Crippen LogP contribution in [-0.2, 0) is 0 Å². The van der Waals surface area contributed by atoms with Crippen molar-refractivity contribution >= 4 is 12.2 Å². The van der Waals surface area contributed by atoms with Crippen LogP contribution in [0.3, 0.4) is 0 Å². The number of hydrogen-bond donors (Lipinski definition) is 0. The highest BCUT2D eigenvalue weighted by Gasteiger charge is 1.96. The summed E-state index contributed by atoms with van der Waals surface area (Å²) in [4.78, 5) is 0. The number of nitrogens with zero attached hydrogens (tertiary/aromatic N) is 1. The molecule has 66 valence electrons. The molecule has 0 fully saturated rings. The first-order valence-electron chi connectivity index (χ1n) is 4.46. The summed E-state index contributed by atoms with van der Waals surface area (Å²) < 4.78 is 0. The first-order chi connectivity index (χ1) is 6.90.